The van der Waals surface area contributed by atoms with Crippen LogP contribution >= 0.6 is 0 Å². The second-order valence-electron chi connectivity index (χ2n) is 6.95. The summed E-state index contributed by atoms with van der Waals surface area (Å²) in [5, 5.41) is 11.5. The van der Waals surface area contributed by atoms with E-state index in [0.717, 1.165) is 11.3 Å². The average molecular weight is 421 g/mol. The van der Waals surface area contributed by atoms with Crippen molar-refractivity contribution in [3.63, 3.8) is 0 Å². The molecular weight excluding hydrogens is 400 g/mol. The van der Waals surface area contributed by atoms with E-state index in [1.54, 1.807) is 11.7 Å². The van der Waals surface area contributed by atoms with Crippen molar-refractivity contribution >= 4 is 0 Å². The number of rotatable bonds is 6. The van der Waals surface area contributed by atoms with Crippen molar-refractivity contribution in [2.24, 2.45) is 12.9 Å². The van der Waals surface area contributed by atoms with Gasteiger partial charge in [0.15, 0.2) is 23.1 Å². The highest BCUT2D eigenvalue weighted by Crippen LogP contribution is 2.43. The van der Waals surface area contributed by atoms with Crippen LogP contribution in [0.4, 0.5) is 8.78 Å². The summed E-state index contributed by atoms with van der Waals surface area (Å²) >= 11 is 0. The molecule has 160 valence electrons. The first-order chi connectivity index (χ1) is 14.5. The number of nitrogens with one attached hydrogen (secondary N) is 1. The summed E-state index contributed by atoms with van der Waals surface area (Å²) < 4.78 is 41.6. The molecule has 0 saturated heterocycles. The Morgan fingerprint density at radius 1 is 1.17 bits per heavy atom. The van der Waals surface area contributed by atoms with Crippen LogP contribution in [0.5, 0.6) is 17.2 Å². The third-order valence-corrected chi connectivity index (χ3v) is 5.43. The molecule has 9 nitrogen and oxygen atoms in total. The molecule has 4 rings (SSSR count). The molecule has 0 spiro atoms. The van der Waals surface area contributed by atoms with Gasteiger partial charge in [-0.2, -0.15) is 16.1 Å². The highest BCUT2D eigenvalue weighted by Gasteiger charge is 2.33. The highest BCUT2D eigenvalue weighted by atomic mass is 19.1. The lowest BCUT2D eigenvalue weighted by atomic mass is 9.81. The summed E-state index contributed by atoms with van der Waals surface area (Å²) in [5.41, 5.74) is 2.86. The molecule has 1 aliphatic rings. The number of benzene rings is 1. The van der Waals surface area contributed by atoms with Crippen LogP contribution in [0.15, 0.2) is 12.3 Å². The fourth-order valence-corrected chi connectivity index (χ4v) is 4.01. The van der Waals surface area contributed by atoms with Crippen LogP contribution in [0.2, 0.25) is 0 Å². The van der Waals surface area contributed by atoms with E-state index >= 15 is 0 Å². The van der Waals surface area contributed by atoms with Crippen molar-refractivity contribution in [2.45, 2.75) is 25.2 Å². The molecule has 0 saturated carbocycles. The van der Waals surface area contributed by atoms with Gasteiger partial charge in [-0.1, -0.05) is 4.99 Å². The molecule has 1 aliphatic carbocycles. The number of aromatic nitrogens is 4. The average Bonchev–Trinajstić information content (AvgIpc) is 3.31. The van der Waals surface area contributed by atoms with Gasteiger partial charge in [0.25, 0.3) is 0 Å². The van der Waals surface area contributed by atoms with Crippen LogP contribution in [-0.4, -0.2) is 34.2 Å². The number of nitrogens with two attached hydrogens (primary N) is 1. The van der Waals surface area contributed by atoms with Crippen molar-refractivity contribution in [1.29, 1.82) is 0 Å². The van der Waals surface area contributed by atoms with Gasteiger partial charge in [0.1, 0.15) is 11.4 Å². The van der Waals surface area contributed by atoms with Gasteiger partial charge in [0.2, 0.25) is 5.75 Å². The van der Waals surface area contributed by atoms with Gasteiger partial charge in [-0.3, -0.25) is 9.78 Å². The van der Waals surface area contributed by atoms with Crippen molar-refractivity contribution in [1.82, 2.24) is 20.0 Å². The SMILES string of the molecule is COc1cc(OC)c(F)c(C2CCc3c(-c4c(OON)cnn4C)n[nH]c3C2)c1F. The molecule has 3 N–H and O–H groups in total. The summed E-state index contributed by atoms with van der Waals surface area (Å²) in [6.07, 6.45) is 2.87. The number of hydrogen-bond acceptors (Lipinski definition) is 7. The number of H-pyrrole nitrogens is 1. The number of halogens is 2. The third-order valence-electron chi connectivity index (χ3n) is 5.43. The van der Waals surface area contributed by atoms with Gasteiger partial charge in [0, 0.05) is 29.9 Å². The minimum absolute atomic E-state index is 0.0471. The Morgan fingerprint density at radius 3 is 2.50 bits per heavy atom. The topological polar surface area (TPSA) is 109 Å². The molecule has 3 aromatic rings. The van der Waals surface area contributed by atoms with E-state index in [9.17, 15) is 8.78 Å². The zero-order chi connectivity index (χ0) is 21.4. The van der Waals surface area contributed by atoms with Crippen LogP contribution in [0, 0.1) is 11.6 Å². The summed E-state index contributed by atoms with van der Waals surface area (Å²) in [5.74, 6) is 3.36. The number of fused-ring (bicyclic) bond motifs is 1. The number of aryl methyl sites for hydroxylation is 1. The molecule has 30 heavy (non-hydrogen) atoms. The van der Waals surface area contributed by atoms with Crippen LogP contribution in [0.25, 0.3) is 11.4 Å². The van der Waals surface area contributed by atoms with Gasteiger partial charge < -0.3 is 14.4 Å². The third kappa shape index (κ3) is 3.15. The van der Waals surface area contributed by atoms with Gasteiger partial charge >= 0.3 is 0 Å². The molecule has 1 atom stereocenters. The van der Waals surface area contributed by atoms with E-state index in [4.69, 9.17) is 20.3 Å². The molecule has 11 heteroatoms. The predicted molar refractivity (Wildman–Crippen MR) is 101 cm³/mol. The van der Waals surface area contributed by atoms with E-state index in [2.05, 4.69) is 20.3 Å². The Kier molecular flexibility index (Phi) is 5.31. The van der Waals surface area contributed by atoms with Crippen LogP contribution < -0.4 is 20.3 Å². The Morgan fingerprint density at radius 2 is 1.87 bits per heavy atom. The molecule has 2 heterocycles. The number of aromatic amines is 1. The Bertz CT molecular complexity index is 1050. The van der Waals surface area contributed by atoms with E-state index in [1.165, 1.54) is 26.5 Å². The largest absolute Gasteiger partial charge is 0.494 e. The zero-order valence-corrected chi connectivity index (χ0v) is 16.7. The molecule has 0 bridgehead atoms. The molecule has 0 aliphatic heterocycles. The standard InChI is InChI=1S/C19H21F2N5O4/c1-26-19(14(8-23-26)29-30-22)18-10-5-4-9(6-11(10)24-25-18)15-16(20)12(27-2)7-13(28-3)17(15)21/h7-9H,4-6,22H2,1-3H3,(H,24,25). The van der Waals surface area contributed by atoms with E-state index < -0.39 is 17.6 Å². The van der Waals surface area contributed by atoms with E-state index in [-0.39, 0.29) is 17.1 Å². The molecular formula is C19H21F2N5O4. The monoisotopic (exact) mass is 421 g/mol. The first kappa shape index (κ1) is 20.1. The van der Waals surface area contributed by atoms with Gasteiger partial charge in [-0.05, 0) is 25.2 Å². The lowest BCUT2D eigenvalue weighted by molar-refractivity contribution is -0.211. The predicted octanol–water partition coefficient (Wildman–Crippen LogP) is 2.56. The lowest BCUT2D eigenvalue weighted by Gasteiger charge is -2.24. The first-order valence-electron chi connectivity index (χ1n) is 9.21. The second-order valence-corrected chi connectivity index (χ2v) is 6.95. The molecule has 2 aromatic heterocycles. The summed E-state index contributed by atoms with van der Waals surface area (Å²) in [6.45, 7) is 0. The quantitative estimate of drug-likeness (QED) is 0.465. The molecule has 1 aromatic carbocycles. The number of methoxy groups -OCH3 is 2. The summed E-state index contributed by atoms with van der Waals surface area (Å²) in [6, 6.07) is 1.21. The lowest BCUT2D eigenvalue weighted by Crippen LogP contribution is -2.16. The summed E-state index contributed by atoms with van der Waals surface area (Å²) in [7, 11) is 4.40. The van der Waals surface area contributed by atoms with Crippen molar-refractivity contribution in [2.75, 3.05) is 14.2 Å². The molecule has 1 unspecified atom stereocenters. The summed E-state index contributed by atoms with van der Waals surface area (Å²) in [4.78, 5) is 9.23. The minimum atomic E-state index is -0.716. The normalized spacial score (nSPS) is 15.7. The Hall–Kier alpha value is -3.18. The Balaban J connectivity index is 1.72. The maximum Gasteiger partial charge on any atom is 0.214 e. The van der Waals surface area contributed by atoms with Gasteiger partial charge in [0.05, 0.1) is 20.4 Å². The van der Waals surface area contributed by atoms with Crippen molar-refractivity contribution < 1.29 is 28.1 Å². The second kappa shape index (κ2) is 7.92. The minimum Gasteiger partial charge on any atom is -0.494 e. The number of nitrogens with zero attached hydrogens (tertiary/aromatic N) is 3. The number of hydrogen-bond donors (Lipinski definition) is 2. The maximum absolute atomic E-state index is 14.9. The van der Waals surface area contributed by atoms with Crippen molar-refractivity contribution in [3.05, 3.63) is 40.7 Å². The number of ether oxygens (including phenoxy) is 2. The molecule has 0 amide bonds. The van der Waals surface area contributed by atoms with Crippen molar-refractivity contribution in [3.8, 4) is 28.6 Å². The fraction of sp³-hybridized carbons (Fsp3) is 0.368. The van der Waals surface area contributed by atoms with Gasteiger partial charge in [-0.15, -0.1) is 0 Å². The first-order valence-corrected chi connectivity index (χ1v) is 9.21. The highest BCUT2D eigenvalue weighted by molar-refractivity contribution is 5.67. The van der Waals surface area contributed by atoms with Crippen LogP contribution in [0.1, 0.15) is 29.2 Å². The van der Waals surface area contributed by atoms with E-state index in [0.29, 0.717) is 36.4 Å². The van der Waals surface area contributed by atoms with Gasteiger partial charge in [-0.25, -0.2) is 8.78 Å². The van der Waals surface area contributed by atoms with Crippen LogP contribution in [0.3, 0.4) is 0 Å². The fourth-order valence-electron chi connectivity index (χ4n) is 4.01. The zero-order valence-electron chi connectivity index (χ0n) is 16.7. The molecule has 0 radical (unpaired) electrons. The Labute approximate surface area is 170 Å². The molecule has 0 fully saturated rings. The van der Waals surface area contributed by atoms with E-state index in [1.807, 2.05) is 0 Å². The van der Waals surface area contributed by atoms with Crippen LogP contribution in [-0.2, 0) is 24.9 Å². The smallest absolute Gasteiger partial charge is 0.214 e. The maximum atomic E-state index is 14.9.